The Hall–Kier alpha value is -1.71. The summed E-state index contributed by atoms with van der Waals surface area (Å²) in [5.41, 5.74) is 0.765. The first-order valence-corrected chi connectivity index (χ1v) is 11.8. The average molecular weight is 469 g/mol. The molecule has 2 heterocycles. The minimum atomic E-state index is -3.37. The lowest BCUT2D eigenvalue weighted by Crippen LogP contribution is -2.43. The van der Waals surface area contributed by atoms with Crippen molar-refractivity contribution in [1.29, 1.82) is 0 Å². The van der Waals surface area contributed by atoms with Crippen molar-refractivity contribution >= 4 is 31.9 Å². The van der Waals surface area contributed by atoms with Gasteiger partial charge in [0.15, 0.2) is 0 Å². The lowest BCUT2D eigenvalue weighted by Gasteiger charge is -2.30. The van der Waals surface area contributed by atoms with Crippen LogP contribution >= 0.6 is 15.9 Å². The van der Waals surface area contributed by atoms with Gasteiger partial charge in [0.1, 0.15) is 0 Å². The van der Waals surface area contributed by atoms with Crippen molar-refractivity contribution in [3.8, 4) is 0 Å². The van der Waals surface area contributed by atoms with E-state index in [9.17, 15) is 13.2 Å². The van der Waals surface area contributed by atoms with Gasteiger partial charge in [-0.1, -0.05) is 28.1 Å². The summed E-state index contributed by atoms with van der Waals surface area (Å²) < 4.78 is 29.7. The fourth-order valence-electron chi connectivity index (χ4n) is 3.32. The molecule has 0 spiro atoms. The van der Waals surface area contributed by atoms with Crippen LogP contribution in [0.2, 0.25) is 0 Å². The number of benzene rings is 1. The zero-order chi connectivity index (χ0) is 20.0. The summed E-state index contributed by atoms with van der Waals surface area (Å²) in [5, 5.41) is 2.97. The van der Waals surface area contributed by atoms with Crippen LogP contribution in [0.15, 0.2) is 47.5 Å². The number of hydrogen-bond acceptors (Lipinski definition) is 4. The van der Waals surface area contributed by atoms with E-state index in [2.05, 4.69) is 26.2 Å². The summed E-state index contributed by atoms with van der Waals surface area (Å²) in [5.74, 6) is -0.103. The Kier molecular flexibility index (Phi) is 7.25. The minimum absolute atomic E-state index is 0.00854. The highest BCUT2D eigenvalue weighted by Crippen LogP contribution is 2.22. The van der Waals surface area contributed by atoms with Gasteiger partial charge < -0.3 is 9.88 Å². The lowest BCUT2D eigenvalue weighted by atomic mass is 9.97. The third kappa shape index (κ3) is 5.89. The van der Waals surface area contributed by atoms with E-state index >= 15 is 0 Å². The maximum Gasteiger partial charge on any atom is 0.223 e. The number of nitrogens with zero attached hydrogens (tertiary/aromatic N) is 3. The number of amides is 1. The Balaban J connectivity index is 1.41. The molecule has 0 aliphatic carbocycles. The molecule has 1 N–H and O–H groups in total. The second-order valence-electron chi connectivity index (χ2n) is 7.00. The first-order chi connectivity index (χ1) is 13.4. The van der Waals surface area contributed by atoms with Crippen LogP contribution in [-0.4, -0.2) is 47.8 Å². The van der Waals surface area contributed by atoms with Gasteiger partial charge in [0.05, 0.1) is 12.1 Å². The number of piperidine rings is 1. The summed E-state index contributed by atoms with van der Waals surface area (Å²) in [6.07, 6.45) is 7.35. The maximum atomic E-state index is 12.6. The summed E-state index contributed by atoms with van der Waals surface area (Å²) in [7, 11) is -3.37. The molecule has 7 nitrogen and oxygen atoms in total. The Morgan fingerprint density at radius 2 is 1.93 bits per heavy atom. The number of rotatable bonds is 8. The Morgan fingerprint density at radius 1 is 1.21 bits per heavy atom. The molecule has 2 aromatic rings. The van der Waals surface area contributed by atoms with Crippen LogP contribution in [0.3, 0.4) is 0 Å². The minimum Gasteiger partial charge on any atom is -0.356 e. The SMILES string of the molecule is O=C(NCCCn1ccnc1)C1CCN(S(=O)(=O)Cc2ccc(Br)cc2)CC1. The molecule has 152 valence electrons. The Morgan fingerprint density at radius 3 is 2.57 bits per heavy atom. The van der Waals surface area contributed by atoms with Crippen molar-refractivity contribution in [1.82, 2.24) is 19.2 Å². The largest absolute Gasteiger partial charge is 0.356 e. The van der Waals surface area contributed by atoms with E-state index in [4.69, 9.17) is 0 Å². The van der Waals surface area contributed by atoms with E-state index in [1.807, 2.05) is 35.0 Å². The molecular weight excluding hydrogens is 444 g/mol. The van der Waals surface area contributed by atoms with Crippen molar-refractivity contribution < 1.29 is 13.2 Å². The second-order valence-corrected chi connectivity index (χ2v) is 9.89. The number of aromatic nitrogens is 2. The number of aryl methyl sites for hydroxylation is 1. The van der Waals surface area contributed by atoms with Crippen molar-refractivity contribution in [2.45, 2.75) is 31.6 Å². The van der Waals surface area contributed by atoms with Gasteiger partial charge in [0.2, 0.25) is 15.9 Å². The van der Waals surface area contributed by atoms with E-state index in [-0.39, 0.29) is 17.6 Å². The molecule has 1 aliphatic rings. The highest BCUT2D eigenvalue weighted by molar-refractivity contribution is 9.10. The fraction of sp³-hybridized carbons (Fsp3) is 0.474. The predicted molar refractivity (Wildman–Crippen MR) is 111 cm³/mol. The summed E-state index contributed by atoms with van der Waals surface area (Å²) in [6, 6.07) is 7.31. The monoisotopic (exact) mass is 468 g/mol. The topological polar surface area (TPSA) is 84.3 Å². The highest BCUT2D eigenvalue weighted by Gasteiger charge is 2.31. The number of nitrogens with one attached hydrogen (secondary N) is 1. The number of halogens is 1. The smallest absolute Gasteiger partial charge is 0.223 e. The molecule has 0 unspecified atom stereocenters. The highest BCUT2D eigenvalue weighted by atomic mass is 79.9. The van der Waals surface area contributed by atoms with Crippen molar-refractivity contribution in [3.63, 3.8) is 0 Å². The standard InChI is InChI=1S/C19H25BrN4O3S/c20-18-4-2-16(3-5-18)14-28(26,27)24-11-6-17(7-12-24)19(25)22-8-1-10-23-13-9-21-15-23/h2-5,9,13,15,17H,1,6-8,10-12,14H2,(H,22,25). The van der Waals surface area contributed by atoms with Gasteiger partial charge >= 0.3 is 0 Å². The first-order valence-electron chi connectivity index (χ1n) is 9.40. The number of carbonyl (C=O) groups excluding carboxylic acids is 1. The molecular formula is C19H25BrN4O3S. The van der Waals surface area contributed by atoms with Gasteiger partial charge in [-0.3, -0.25) is 4.79 Å². The van der Waals surface area contributed by atoms with Gasteiger partial charge in [0, 0.05) is 49.0 Å². The molecule has 0 radical (unpaired) electrons. The van der Waals surface area contributed by atoms with E-state index < -0.39 is 10.0 Å². The Bertz CT molecular complexity index is 861. The lowest BCUT2D eigenvalue weighted by molar-refractivity contribution is -0.126. The molecule has 0 bridgehead atoms. The first kappa shape index (κ1) is 21.0. The Labute approximate surface area is 174 Å². The summed E-state index contributed by atoms with van der Waals surface area (Å²) >= 11 is 3.35. The quantitative estimate of drug-likeness (QED) is 0.602. The van der Waals surface area contributed by atoms with Crippen molar-refractivity contribution in [2.75, 3.05) is 19.6 Å². The third-order valence-corrected chi connectivity index (χ3v) is 7.31. The van der Waals surface area contributed by atoms with E-state index in [0.717, 1.165) is 23.0 Å². The number of hydrogen-bond donors (Lipinski definition) is 1. The second kappa shape index (κ2) is 9.67. The molecule has 0 atom stereocenters. The molecule has 1 aromatic heterocycles. The van der Waals surface area contributed by atoms with Crippen LogP contribution in [0.1, 0.15) is 24.8 Å². The average Bonchev–Trinajstić information content (AvgIpc) is 3.20. The summed E-state index contributed by atoms with van der Waals surface area (Å²) in [6.45, 7) is 2.21. The molecule has 3 rings (SSSR count). The van der Waals surface area contributed by atoms with Gasteiger partial charge in [-0.2, -0.15) is 0 Å². The van der Waals surface area contributed by atoms with E-state index in [1.165, 1.54) is 4.31 Å². The van der Waals surface area contributed by atoms with Crippen molar-refractivity contribution in [2.24, 2.45) is 5.92 Å². The van der Waals surface area contributed by atoms with Gasteiger partial charge in [-0.15, -0.1) is 0 Å². The van der Waals surface area contributed by atoms with Crippen molar-refractivity contribution in [3.05, 3.63) is 53.0 Å². The molecule has 1 fully saturated rings. The van der Waals surface area contributed by atoms with Crippen LogP contribution in [0.4, 0.5) is 0 Å². The third-order valence-electron chi connectivity index (χ3n) is 4.93. The van der Waals surface area contributed by atoms with Crippen LogP contribution < -0.4 is 5.32 Å². The molecule has 1 aliphatic heterocycles. The zero-order valence-electron chi connectivity index (χ0n) is 15.6. The zero-order valence-corrected chi connectivity index (χ0v) is 18.0. The van der Waals surface area contributed by atoms with Crippen LogP contribution in [0.5, 0.6) is 0 Å². The fourth-order valence-corrected chi connectivity index (χ4v) is 5.14. The summed E-state index contributed by atoms with van der Waals surface area (Å²) in [4.78, 5) is 16.3. The normalized spacial score (nSPS) is 16.2. The van der Waals surface area contributed by atoms with E-state index in [0.29, 0.717) is 32.5 Å². The molecule has 1 saturated heterocycles. The molecule has 0 saturated carbocycles. The number of sulfonamides is 1. The molecule has 9 heteroatoms. The molecule has 1 amide bonds. The molecule has 1 aromatic carbocycles. The number of imidazole rings is 1. The van der Waals surface area contributed by atoms with Gasteiger partial charge in [-0.25, -0.2) is 17.7 Å². The maximum absolute atomic E-state index is 12.6. The number of carbonyl (C=O) groups is 1. The predicted octanol–water partition coefficient (Wildman–Crippen LogP) is 2.39. The molecule has 28 heavy (non-hydrogen) atoms. The van der Waals surface area contributed by atoms with Gasteiger partial charge in [-0.05, 0) is 37.0 Å². The van der Waals surface area contributed by atoms with Gasteiger partial charge in [0.25, 0.3) is 0 Å². The van der Waals surface area contributed by atoms with Crippen LogP contribution in [-0.2, 0) is 27.1 Å². The van der Waals surface area contributed by atoms with Crippen LogP contribution in [0.25, 0.3) is 0 Å². The van der Waals surface area contributed by atoms with Crippen LogP contribution in [0, 0.1) is 5.92 Å². The van der Waals surface area contributed by atoms with E-state index in [1.54, 1.807) is 12.5 Å².